The Kier molecular flexibility index (Phi) is 4.42. The molecule has 1 aromatic carbocycles. The molecule has 1 amide bonds. The number of carboxylic acid groups (broad SMARTS) is 1. The fourth-order valence-corrected chi connectivity index (χ4v) is 2.04. The summed E-state index contributed by atoms with van der Waals surface area (Å²) in [6.07, 6.45) is 0.427. The Morgan fingerprint density at radius 2 is 2.19 bits per heavy atom. The Hall–Kier alpha value is -2.57. The van der Waals surface area contributed by atoms with Crippen LogP contribution in [0.5, 0.6) is 6.01 Å². The molecule has 0 spiro atoms. The average molecular weight is 291 g/mol. The maximum absolute atomic E-state index is 12.3. The van der Waals surface area contributed by atoms with Crippen molar-refractivity contribution in [3.63, 3.8) is 0 Å². The van der Waals surface area contributed by atoms with Crippen molar-refractivity contribution in [3.8, 4) is 6.01 Å². The molecule has 0 saturated carbocycles. The molecular weight excluding hydrogens is 274 g/mol. The van der Waals surface area contributed by atoms with Gasteiger partial charge in [-0.3, -0.25) is 4.79 Å². The number of nitrogens with one attached hydrogen (secondary N) is 2. The Bertz CT molecular complexity index is 678. The predicted octanol–water partition coefficient (Wildman–Crippen LogP) is 2.46. The zero-order valence-corrected chi connectivity index (χ0v) is 11.9. The van der Waals surface area contributed by atoms with Crippen LogP contribution in [0.15, 0.2) is 12.1 Å². The van der Waals surface area contributed by atoms with E-state index in [0.29, 0.717) is 23.1 Å². The SMILES string of the molecule is CCCCNC(=O)c1c(C)ccc2[nH]c(OC(=O)O)nc12. The second-order valence-corrected chi connectivity index (χ2v) is 4.67. The van der Waals surface area contributed by atoms with E-state index in [0.717, 1.165) is 18.4 Å². The first-order valence-corrected chi connectivity index (χ1v) is 6.71. The van der Waals surface area contributed by atoms with Gasteiger partial charge in [0.15, 0.2) is 0 Å². The highest BCUT2D eigenvalue weighted by Gasteiger charge is 2.17. The summed E-state index contributed by atoms with van der Waals surface area (Å²) < 4.78 is 4.49. The van der Waals surface area contributed by atoms with E-state index in [1.54, 1.807) is 19.1 Å². The minimum absolute atomic E-state index is 0.147. The number of ether oxygens (including phenoxy) is 1. The predicted molar refractivity (Wildman–Crippen MR) is 76.7 cm³/mol. The van der Waals surface area contributed by atoms with Crippen molar-refractivity contribution in [2.75, 3.05) is 6.54 Å². The van der Waals surface area contributed by atoms with E-state index in [1.165, 1.54) is 0 Å². The number of nitrogens with zero attached hydrogens (tertiary/aromatic N) is 1. The maximum Gasteiger partial charge on any atom is 0.513 e. The van der Waals surface area contributed by atoms with Crippen molar-refractivity contribution in [1.29, 1.82) is 0 Å². The van der Waals surface area contributed by atoms with Gasteiger partial charge in [0.1, 0.15) is 5.52 Å². The summed E-state index contributed by atoms with van der Waals surface area (Å²) in [5.41, 5.74) is 2.16. The zero-order valence-electron chi connectivity index (χ0n) is 11.9. The Morgan fingerprint density at radius 3 is 2.86 bits per heavy atom. The lowest BCUT2D eigenvalue weighted by atomic mass is 10.1. The van der Waals surface area contributed by atoms with Gasteiger partial charge in [-0.25, -0.2) is 4.79 Å². The minimum atomic E-state index is -1.46. The molecule has 0 aliphatic rings. The van der Waals surface area contributed by atoms with Crippen molar-refractivity contribution in [2.24, 2.45) is 0 Å². The van der Waals surface area contributed by atoms with Crippen molar-refractivity contribution in [1.82, 2.24) is 15.3 Å². The molecule has 0 bridgehead atoms. The van der Waals surface area contributed by atoms with Crippen LogP contribution in [0.25, 0.3) is 11.0 Å². The number of imidazole rings is 1. The number of aryl methyl sites for hydroxylation is 1. The molecule has 0 atom stereocenters. The molecule has 112 valence electrons. The highest BCUT2D eigenvalue weighted by atomic mass is 16.7. The van der Waals surface area contributed by atoms with Gasteiger partial charge in [-0.15, -0.1) is 0 Å². The molecule has 0 unspecified atom stereocenters. The Morgan fingerprint density at radius 1 is 1.43 bits per heavy atom. The highest BCUT2D eigenvalue weighted by Crippen LogP contribution is 2.23. The van der Waals surface area contributed by atoms with Crippen LogP contribution in [0.3, 0.4) is 0 Å². The number of aromatic nitrogens is 2. The smallest absolute Gasteiger partial charge is 0.449 e. The van der Waals surface area contributed by atoms with Crippen LogP contribution in [-0.4, -0.2) is 33.7 Å². The van der Waals surface area contributed by atoms with E-state index in [4.69, 9.17) is 5.11 Å². The third-order valence-electron chi connectivity index (χ3n) is 3.07. The van der Waals surface area contributed by atoms with Crippen molar-refractivity contribution >= 4 is 23.1 Å². The van der Waals surface area contributed by atoms with Crippen LogP contribution in [0.4, 0.5) is 4.79 Å². The molecule has 0 radical (unpaired) electrons. The topological polar surface area (TPSA) is 104 Å². The first-order valence-electron chi connectivity index (χ1n) is 6.71. The number of aromatic amines is 1. The number of carbonyl (C=O) groups is 2. The molecular formula is C14H17N3O4. The molecule has 7 heteroatoms. The van der Waals surface area contributed by atoms with Gasteiger partial charge in [-0.2, -0.15) is 4.98 Å². The second kappa shape index (κ2) is 6.25. The first-order chi connectivity index (χ1) is 10.0. The normalized spacial score (nSPS) is 10.6. The summed E-state index contributed by atoms with van der Waals surface area (Å²) in [7, 11) is 0. The molecule has 7 nitrogen and oxygen atoms in total. The summed E-state index contributed by atoms with van der Waals surface area (Å²) in [5.74, 6) is -0.222. The van der Waals surface area contributed by atoms with Crippen molar-refractivity contribution in [2.45, 2.75) is 26.7 Å². The number of fused-ring (bicyclic) bond motifs is 1. The molecule has 1 aromatic heterocycles. The maximum atomic E-state index is 12.3. The van der Waals surface area contributed by atoms with Gasteiger partial charge in [-0.1, -0.05) is 19.4 Å². The van der Waals surface area contributed by atoms with Crippen molar-refractivity contribution < 1.29 is 19.4 Å². The zero-order chi connectivity index (χ0) is 15.4. The van der Waals surface area contributed by atoms with Gasteiger partial charge in [-0.05, 0) is 25.0 Å². The summed E-state index contributed by atoms with van der Waals surface area (Å²) >= 11 is 0. The lowest BCUT2D eigenvalue weighted by Crippen LogP contribution is -2.25. The number of hydrogen-bond donors (Lipinski definition) is 3. The summed E-state index contributed by atoms with van der Waals surface area (Å²) in [6.45, 7) is 4.44. The quantitative estimate of drug-likeness (QED) is 0.580. The number of rotatable bonds is 5. The van der Waals surface area contributed by atoms with Gasteiger partial charge in [0.2, 0.25) is 0 Å². The molecule has 0 saturated heterocycles. The first kappa shape index (κ1) is 14.8. The number of H-pyrrole nitrogens is 1. The molecule has 0 aliphatic carbocycles. The number of hydrogen-bond acceptors (Lipinski definition) is 4. The molecule has 2 aromatic rings. The van der Waals surface area contributed by atoms with E-state index in [9.17, 15) is 9.59 Å². The van der Waals surface area contributed by atoms with E-state index in [2.05, 4.69) is 20.0 Å². The van der Waals surface area contributed by atoms with Crippen LogP contribution in [0, 0.1) is 6.92 Å². The Labute approximate surface area is 121 Å². The molecule has 1 heterocycles. The van der Waals surface area contributed by atoms with Gasteiger partial charge < -0.3 is 20.1 Å². The van der Waals surface area contributed by atoms with Gasteiger partial charge in [0.25, 0.3) is 5.91 Å². The largest absolute Gasteiger partial charge is 0.513 e. The molecule has 3 N–H and O–H groups in total. The number of carbonyl (C=O) groups excluding carboxylic acids is 1. The van der Waals surface area contributed by atoms with E-state index < -0.39 is 6.16 Å². The second-order valence-electron chi connectivity index (χ2n) is 4.67. The third kappa shape index (κ3) is 3.31. The van der Waals surface area contributed by atoms with Crippen LogP contribution < -0.4 is 10.1 Å². The summed E-state index contributed by atoms with van der Waals surface area (Å²) in [6, 6.07) is 3.36. The summed E-state index contributed by atoms with van der Waals surface area (Å²) in [5, 5.41) is 11.4. The lowest BCUT2D eigenvalue weighted by molar-refractivity contribution is 0.0954. The van der Waals surface area contributed by atoms with Crippen LogP contribution in [0.1, 0.15) is 35.7 Å². The standard InChI is InChI=1S/C14H17N3O4/c1-3-4-7-15-12(18)10-8(2)5-6-9-11(10)17-13(16-9)21-14(19)20/h5-6H,3-4,7H2,1-2H3,(H,15,18)(H,16,17)(H,19,20). The number of benzene rings is 1. The fraction of sp³-hybridized carbons (Fsp3) is 0.357. The molecule has 2 rings (SSSR count). The third-order valence-corrected chi connectivity index (χ3v) is 3.07. The van der Waals surface area contributed by atoms with E-state index in [1.807, 2.05) is 6.92 Å². The Balaban J connectivity index is 2.36. The minimum Gasteiger partial charge on any atom is -0.449 e. The van der Waals surface area contributed by atoms with Crippen LogP contribution in [0.2, 0.25) is 0 Å². The van der Waals surface area contributed by atoms with Crippen molar-refractivity contribution in [3.05, 3.63) is 23.3 Å². The number of amides is 1. The van der Waals surface area contributed by atoms with Crippen LogP contribution >= 0.6 is 0 Å². The fourth-order valence-electron chi connectivity index (χ4n) is 2.04. The molecule has 0 aliphatic heterocycles. The van der Waals surface area contributed by atoms with Gasteiger partial charge in [0.05, 0.1) is 11.1 Å². The van der Waals surface area contributed by atoms with Gasteiger partial charge in [0, 0.05) is 6.54 Å². The van der Waals surface area contributed by atoms with E-state index in [-0.39, 0.29) is 11.9 Å². The average Bonchev–Trinajstić information content (AvgIpc) is 2.80. The molecule has 0 fully saturated rings. The molecule has 21 heavy (non-hydrogen) atoms. The van der Waals surface area contributed by atoms with Gasteiger partial charge >= 0.3 is 12.2 Å². The monoisotopic (exact) mass is 291 g/mol. The number of unbranched alkanes of at least 4 members (excludes halogenated alkanes) is 1. The summed E-state index contributed by atoms with van der Waals surface area (Å²) in [4.78, 5) is 29.6. The van der Waals surface area contributed by atoms with E-state index >= 15 is 0 Å². The highest BCUT2D eigenvalue weighted by molar-refractivity contribution is 6.06. The van der Waals surface area contributed by atoms with Crippen LogP contribution in [-0.2, 0) is 0 Å². The lowest BCUT2D eigenvalue weighted by Gasteiger charge is -2.07.